The topological polar surface area (TPSA) is 88.4 Å². The van der Waals surface area contributed by atoms with Crippen molar-refractivity contribution in [3.8, 4) is 5.69 Å². The normalized spacial score (nSPS) is 11.7. The lowest BCUT2D eigenvalue weighted by Gasteiger charge is -2.08. The van der Waals surface area contributed by atoms with Crippen molar-refractivity contribution in [3.63, 3.8) is 0 Å². The number of amides is 1. The molecular formula is C14H14N2O4S. The van der Waals surface area contributed by atoms with Gasteiger partial charge >= 0.3 is 0 Å². The Hall–Kier alpha value is -2.38. The van der Waals surface area contributed by atoms with E-state index in [1.165, 1.54) is 16.1 Å². The summed E-state index contributed by atoms with van der Waals surface area (Å²) >= 11 is 0. The largest absolute Gasteiger partial charge is 0.307 e. The number of hydrogen-bond acceptors (Lipinski definition) is 4. The monoisotopic (exact) mass is 306 g/mol. The summed E-state index contributed by atoms with van der Waals surface area (Å²) < 4.78 is 25.6. The van der Waals surface area contributed by atoms with Gasteiger partial charge in [0, 0.05) is 29.8 Å². The van der Waals surface area contributed by atoms with Crippen LogP contribution in [0.3, 0.4) is 0 Å². The number of nitrogens with one attached hydrogen (secondary N) is 1. The van der Waals surface area contributed by atoms with E-state index < -0.39 is 15.7 Å². The number of benzene rings is 1. The van der Waals surface area contributed by atoms with Crippen LogP contribution in [0.15, 0.2) is 53.7 Å². The molecule has 0 saturated heterocycles. The Morgan fingerprint density at radius 1 is 1.24 bits per heavy atom. The summed E-state index contributed by atoms with van der Waals surface area (Å²) in [6.07, 6.45) is 5.11. The molecule has 0 radical (unpaired) electrons. The van der Waals surface area contributed by atoms with Crippen molar-refractivity contribution in [1.82, 2.24) is 10.0 Å². The molecule has 0 spiro atoms. The second-order valence-corrected chi connectivity index (χ2v) is 6.29. The molecule has 2 aromatic rings. The maximum Gasteiger partial charge on any atom is 0.267 e. The zero-order valence-electron chi connectivity index (χ0n) is 11.2. The molecule has 2 N–H and O–H groups in total. The van der Waals surface area contributed by atoms with Gasteiger partial charge in [-0.3, -0.25) is 10.0 Å². The number of aromatic nitrogens is 1. The van der Waals surface area contributed by atoms with Gasteiger partial charge < -0.3 is 4.57 Å². The third-order valence-electron chi connectivity index (χ3n) is 2.78. The molecule has 0 aliphatic rings. The quantitative estimate of drug-likeness (QED) is 0.508. The summed E-state index contributed by atoms with van der Waals surface area (Å²) in [7, 11) is -3.51. The second-order valence-electron chi connectivity index (χ2n) is 4.36. The molecule has 1 heterocycles. The summed E-state index contributed by atoms with van der Waals surface area (Å²) in [6.45, 7) is 0. The Morgan fingerprint density at radius 2 is 1.90 bits per heavy atom. The van der Waals surface area contributed by atoms with Gasteiger partial charge in [-0.2, -0.15) is 0 Å². The van der Waals surface area contributed by atoms with E-state index in [-0.39, 0.29) is 5.03 Å². The van der Waals surface area contributed by atoms with Gasteiger partial charge in [-0.25, -0.2) is 13.9 Å². The van der Waals surface area contributed by atoms with Gasteiger partial charge in [0.25, 0.3) is 5.91 Å². The van der Waals surface area contributed by atoms with Crippen LogP contribution >= 0.6 is 0 Å². The van der Waals surface area contributed by atoms with Gasteiger partial charge in [-0.05, 0) is 24.3 Å². The Labute approximate surface area is 122 Å². The summed E-state index contributed by atoms with van der Waals surface area (Å²) in [4.78, 5) is 11.0. The van der Waals surface area contributed by atoms with Crippen molar-refractivity contribution < 1.29 is 18.4 Å². The van der Waals surface area contributed by atoms with Crippen molar-refractivity contribution in [3.05, 3.63) is 54.2 Å². The first-order valence-corrected chi connectivity index (χ1v) is 7.91. The molecule has 0 fully saturated rings. The molecule has 1 aromatic carbocycles. The molecule has 110 valence electrons. The maximum atomic E-state index is 12.0. The first kappa shape index (κ1) is 15.0. The van der Waals surface area contributed by atoms with E-state index in [1.54, 1.807) is 36.5 Å². The van der Waals surface area contributed by atoms with E-state index in [0.29, 0.717) is 11.3 Å². The van der Waals surface area contributed by atoms with Gasteiger partial charge in [0.2, 0.25) is 0 Å². The first-order valence-electron chi connectivity index (χ1n) is 6.02. The predicted octanol–water partition coefficient (Wildman–Crippen LogP) is 1.40. The number of carbonyl (C=O) groups excluding carboxylic acids is 1. The molecule has 0 aliphatic heterocycles. The lowest BCUT2D eigenvalue weighted by Crippen LogP contribution is -2.15. The zero-order valence-corrected chi connectivity index (χ0v) is 12.0. The number of hydroxylamine groups is 1. The predicted molar refractivity (Wildman–Crippen MR) is 77.8 cm³/mol. The summed E-state index contributed by atoms with van der Waals surface area (Å²) in [5, 5.41) is 8.53. The van der Waals surface area contributed by atoms with E-state index in [0.717, 1.165) is 12.3 Å². The number of carbonyl (C=O) groups is 1. The Morgan fingerprint density at radius 3 is 2.48 bits per heavy atom. The highest BCUT2D eigenvalue weighted by molar-refractivity contribution is 7.90. The average molecular weight is 306 g/mol. The van der Waals surface area contributed by atoms with Gasteiger partial charge in [0.15, 0.2) is 9.84 Å². The van der Waals surface area contributed by atoms with Crippen LogP contribution in [0.2, 0.25) is 0 Å². The van der Waals surface area contributed by atoms with Crippen molar-refractivity contribution >= 4 is 21.8 Å². The van der Waals surface area contributed by atoms with Crippen LogP contribution in [0, 0.1) is 0 Å². The molecule has 21 heavy (non-hydrogen) atoms. The molecule has 0 unspecified atom stereocenters. The smallest absolute Gasteiger partial charge is 0.267 e. The van der Waals surface area contributed by atoms with Crippen LogP contribution in [-0.4, -0.2) is 30.4 Å². The average Bonchev–Trinajstić information content (AvgIpc) is 2.89. The van der Waals surface area contributed by atoms with Gasteiger partial charge in [0.05, 0.1) is 0 Å². The lowest BCUT2D eigenvalue weighted by molar-refractivity contribution is -0.124. The SMILES string of the molecule is CS(=O)(=O)c1c(C=CC(=O)NO)ccn1-c1ccccc1. The van der Waals surface area contributed by atoms with E-state index in [4.69, 9.17) is 5.21 Å². The highest BCUT2D eigenvalue weighted by Gasteiger charge is 2.18. The number of para-hydroxylation sites is 1. The number of nitrogens with zero attached hydrogens (tertiary/aromatic N) is 1. The van der Waals surface area contributed by atoms with Crippen molar-refractivity contribution in [2.24, 2.45) is 0 Å². The highest BCUT2D eigenvalue weighted by atomic mass is 32.2. The fourth-order valence-electron chi connectivity index (χ4n) is 1.95. The molecule has 6 nitrogen and oxygen atoms in total. The molecule has 2 rings (SSSR count). The number of rotatable bonds is 4. The van der Waals surface area contributed by atoms with E-state index in [1.807, 2.05) is 6.07 Å². The molecular weight excluding hydrogens is 292 g/mol. The fraction of sp³-hybridized carbons (Fsp3) is 0.0714. The minimum atomic E-state index is -3.51. The Bertz CT molecular complexity index is 777. The van der Waals surface area contributed by atoms with Crippen LogP contribution in [0.5, 0.6) is 0 Å². The Balaban J connectivity index is 2.57. The van der Waals surface area contributed by atoms with Crippen LogP contribution in [0.25, 0.3) is 11.8 Å². The van der Waals surface area contributed by atoms with Crippen molar-refractivity contribution in [2.75, 3.05) is 6.26 Å². The van der Waals surface area contributed by atoms with E-state index in [9.17, 15) is 13.2 Å². The van der Waals surface area contributed by atoms with Crippen molar-refractivity contribution in [1.29, 1.82) is 0 Å². The standard InChI is InChI=1S/C14H14N2O4S/c1-21(19,20)14-11(7-8-13(17)15-18)9-10-16(14)12-5-3-2-4-6-12/h2-10,18H,1H3,(H,15,17). The van der Waals surface area contributed by atoms with E-state index >= 15 is 0 Å². The van der Waals surface area contributed by atoms with Crippen LogP contribution in [-0.2, 0) is 14.6 Å². The minimum absolute atomic E-state index is 0.0793. The lowest BCUT2D eigenvalue weighted by atomic mass is 10.3. The molecule has 0 aliphatic carbocycles. The number of hydrogen-bond donors (Lipinski definition) is 2. The third kappa shape index (κ3) is 3.39. The highest BCUT2D eigenvalue weighted by Crippen LogP contribution is 2.23. The van der Waals surface area contributed by atoms with Crippen molar-refractivity contribution in [2.45, 2.75) is 5.03 Å². The maximum absolute atomic E-state index is 12.0. The Kier molecular flexibility index (Phi) is 4.25. The molecule has 0 bridgehead atoms. The molecule has 1 amide bonds. The van der Waals surface area contributed by atoms with Crippen LogP contribution in [0.4, 0.5) is 0 Å². The molecule has 7 heteroatoms. The van der Waals surface area contributed by atoms with Crippen LogP contribution in [0.1, 0.15) is 5.56 Å². The molecule has 0 atom stereocenters. The third-order valence-corrected chi connectivity index (χ3v) is 3.91. The summed E-state index contributed by atoms with van der Waals surface area (Å²) in [5.74, 6) is -0.734. The second kappa shape index (κ2) is 5.94. The van der Waals surface area contributed by atoms with Crippen LogP contribution < -0.4 is 5.48 Å². The van der Waals surface area contributed by atoms with Gasteiger partial charge in [0.1, 0.15) is 5.03 Å². The van der Waals surface area contributed by atoms with Gasteiger partial charge in [-0.1, -0.05) is 18.2 Å². The molecule has 0 saturated carbocycles. The molecule has 1 aromatic heterocycles. The summed E-state index contributed by atoms with van der Waals surface area (Å²) in [5.41, 5.74) is 2.51. The fourth-order valence-corrected chi connectivity index (χ4v) is 3.03. The minimum Gasteiger partial charge on any atom is -0.307 e. The van der Waals surface area contributed by atoms with Gasteiger partial charge in [-0.15, -0.1) is 0 Å². The number of sulfone groups is 1. The zero-order chi connectivity index (χ0) is 15.5. The summed E-state index contributed by atoms with van der Waals surface area (Å²) in [6, 6.07) is 10.6. The first-order chi connectivity index (χ1) is 9.93. The van der Waals surface area contributed by atoms with E-state index in [2.05, 4.69) is 0 Å².